The van der Waals surface area contributed by atoms with E-state index in [1.54, 1.807) is 50.2 Å². The molecule has 9 nitrogen and oxygen atoms in total. The van der Waals surface area contributed by atoms with Crippen LogP contribution in [0.25, 0.3) is 0 Å². The second-order valence-corrected chi connectivity index (χ2v) is 8.23. The summed E-state index contributed by atoms with van der Waals surface area (Å²) in [4.78, 5) is 35.1. The Kier molecular flexibility index (Phi) is 8.40. The normalized spacial score (nSPS) is 11.0. The third kappa shape index (κ3) is 7.02. The number of carbonyl (C=O) groups excluding carboxylic acids is 2. The summed E-state index contributed by atoms with van der Waals surface area (Å²) >= 11 is 11.9. The molecule has 3 rings (SSSR count). The van der Waals surface area contributed by atoms with Crippen LogP contribution in [0.2, 0.25) is 10.0 Å². The number of hydrogen-bond acceptors (Lipinski definition) is 6. The predicted molar refractivity (Wildman–Crippen MR) is 135 cm³/mol. The molecule has 0 spiro atoms. The average Bonchev–Trinajstić information content (AvgIpc) is 2.81. The molecule has 0 bridgehead atoms. The van der Waals surface area contributed by atoms with Gasteiger partial charge < -0.3 is 10.1 Å². The average molecular weight is 515 g/mol. The Hall–Kier alpha value is -3.95. The van der Waals surface area contributed by atoms with Crippen molar-refractivity contribution in [1.29, 1.82) is 0 Å². The minimum absolute atomic E-state index is 0.0678. The van der Waals surface area contributed by atoms with Gasteiger partial charge in [0.2, 0.25) is 0 Å². The van der Waals surface area contributed by atoms with E-state index in [-0.39, 0.29) is 17.9 Å². The van der Waals surface area contributed by atoms with E-state index >= 15 is 0 Å². The van der Waals surface area contributed by atoms with E-state index < -0.39 is 16.7 Å². The van der Waals surface area contributed by atoms with Crippen LogP contribution in [0.3, 0.4) is 0 Å². The first-order valence-electron chi connectivity index (χ1n) is 10.2. The molecule has 0 saturated heterocycles. The lowest BCUT2D eigenvalue weighted by atomic mass is 10.1. The highest BCUT2D eigenvalue weighted by molar-refractivity contribution is 6.35. The summed E-state index contributed by atoms with van der Waals surface area (Å²) in [7, 11) is 0. The van der Waals surface area contributed by atoms with Crippen LogP contribution < -0.4 is 15.5 Å². The second-order valence-electron chi connectivity index (χ2n) is 7.39. The number of benzene rings is 3. The number of amides is 2. The molecule has 0 fully saturated rings. The molecule has 0 aliphatic rings. The van der Waals surface area contributed by atoms with Gasteiger partial charge >= 0.3 is 0 Å². The van der Waals surface area contributed by atoms with E-state index in [0.717, 1.165) is 0 Å². The fraction of sp³-hybridized carbons (Fsp3) is 0.125. The SMILES string of the molecule is C/C(=N\NC(=O)c1ccc([N+](=O)[O-])c(C)c1)c1cccc(NC(=O)COc2ccc(Cl)cc2Cl)c1. The van der Waals surface area contributed by atoms with E-state index in [1.165, 1.54) is 24.3 Å². The van der Waals surface area contributed by atoms with Gasteiger partial charge in [-0.1, -0.05) is 35.3 Å². The Labute approximate surface area is 210 Å². The molecular weight excluding hydrogens is 495 g/mol. The minimum atomic E-state index is -0.510. The van der Waals surface area contributed by atoms with Crippen molar-refractivity contribution in [2.24, 2.45) is 5.10 Å². The molecule has 35 heavy (non-hydrogen) atoms. The number of anilines is 1. The Morgan fingerprint density at radius 2 is 1.83 bits per heavy atom. The van der Waals surface area contributed by atoms with Crippen LogP contribution >= 0.6 is 23.2 Å². The lowest BCUT2D eigenvalue weighted by Crippen LogP contribution is -2.21. The van der Waals surface area contributed by atoms with E-state index in [2.05, 4.69) is 15.8 Å². The van der Waals surface area contributed by atoms with Gasteiger partial charge in [-0.2, -0.15) is 5.10 Å². The Balaban J connectivity index is 1.61. The number of nitro groups is 1. The van der Waals surface area contributed by atoms with Gasteiger partial charge in [-0.15, -0.1) is 0 Å². The molecule has 0 aliphatic heterocycles. The van der Waals surface area contributed by atoms with Gasteiger partial charge in [0.25, 0.3) is 17.5 Å². The van der Waals surface area contributed by atoms with Gasteiger partial charge in [0.1, 0.15) is 5.75 Å². The van der Waals surface area contributed by atoms with Crippen LogP contribution in [0.4, 0.5) is 11.4 Å². The third-order valence-electron chi connectivity index (χ3n) is 4.80. The lowest BCUT2D eigenvalue weighted by molar-refractivity contribution is -0.385. The smallest absolute Gasteiger partial charge is 0.272 e. The molecule has 0 saturated carbocycles. The van der Waals surface area contributed by atoms with Gasteiger partial charge in [-0.05, 0) is 61.9 Å². The molecular formula is C24H20Cl2N4O5. The van der Waals surface area contributed by atoms with Crippen molar-refractivity contribution in [3.8, 4) is 5.75 Å². The first kappa shape index (κ1) is 25.7. The summed E-state index contributed by atoms with van der Waals surface area (Å²) in [5.74, 6) is -0.573. The number of nitrogens with one attached hydrogen (secondary N) is 2. The van der Waals surface area contributed by atoms with Gasteiger partial charge in [0.15, 0.2) is 6.61 Å². The summed E-state index contributed by atoms with van der Waals surface area (Å²) in [5.41, 5.74) is 4.62. The molecule has 0 heterocycles. The van der Waals surface area contributed by atoms with Crippen molar-refractivity contribution in [2.75, 3.05) is 11.9 Å². The molecule has 0 aromatic heterocycles. The van der Waals surface area contributed by atoms with Crippen molar-refractivity contribution in [3.05, 3.63) is 97.5 Å². The number of carbonyl (C=O) groups is 2. The summed E-state index contributed by atoms with van der Waals surface area (Å²) < 4.78 is 5.43. The fourth-order valence-electron chi connectivity index (χ4n) is 3.02. The number of ether oxygens (including phenoxy) is 1. The zero-order valence-electron chi connectivity index (χ0n) is 18.7. The minimum Gasteiger partial charge on any atom is -0.482 e. The standard InChI is InChI=1S/C24H20Cl2N4O5/c1-14-10-17(6-8-21(14)30(33)34)24(32)29-28-15(2)16-4-3-5-19(11-16)27-23(31)13-35-22-9-7-18(25)12-20(22)26/h3-12H,13H2,1-2H3,(H,27,31)(H,29,32)/b28-15+. The van der Waals surface area contributed by atoms with Crippen molar-refractivity contribution in [3.63, 3.8) is 0 Å². The molecule has 3 aromatic carbocycles. The maximum atomic E-state index is 12.4. The zero-order chi connectivity index (χ0) is 25.5. The Morgan fingerprint density at radius 3 is 2.51 bits per heavy atom. The molecule has 2 N–H and O–H groups in total. The van der Waals surface area contributed by atoms with Crippen LogP contribution in [-0.4, -0.2) is 29.1 Å². The van der Waals surface area contributed by atoms with E-state index in [9.17, 15) is 19.7 Å². The highest BCUT2D eigenvalue weighted by Crippen LogP contribution is 2.27. The van der Waals surface area contributed by atoms with Gasteiger partial charge in [0, 0.05) is 27.9 Å². The van der Waals surface area contributed by atoms with Crippen LogP contribution in [0.5, 0.6) is 5.75 Å². The van der Waals surface area contributed by atoms with Crippen LogP contribution in [0.15, 0.2) is 65.8 Å². The van der Waals surface area contributed by atoms with Crippen molar-refractivity contribution >= 4 is 52.1 Å². The summed E-state index contributed by atoms with van der Waals surface area (Å²) in [6, 6.07) is 15.6. The summed E-state index contributed by atoms with van der Waals surface area (Å²) in [6.45, 7) is 2.98. The van der Waals surface area contributed by atoms with Crippen LogP contribution in [-0.2, 0) is 4.79 Å². The monoisotopic (exact) mass is 514 g/mol. The Morgan fingerprint density at radius 1 is 1.06 bits per heavy atom. The zero-order valence-corrected chi connectivity index (χ0v) is 20.2. The van der Waals surface area contributed by atoms with E-state index in [4.69, 9.17) is 27.9 Å². The number of rotatable bonds is 8. The van der Waals surface area contributed by atoms with Crippen molar-refractivity contribution in [2.45, 2.75) is 13.8 Å². The Bertz CT molecular complexity index is 1330. The number of hydrazone groups is 1. The molecule has 0 aliphatic carbocycles. The first-order chi connectivity index (χ1) is 16.6. The van der Waals surface area contributed by atoms with Crippen molar-refractivity contribution < 1.29 is 19.2 Å². The molecule has 0 unspecified atom stereocenters. The highest BCUT2D eigenvalue weighted by Gasteiger charge is 2.14. The topological polar surface area (TPSA) is 123 Å². The highest BCUT2D eigenvalue weighted by atomic mass is 35.5. The number of nitro benzene ring substituents is 1. The molecule has 3 aromatic rings. The van der Waals surface area contributed by atoms with E-state index in [0.29, 0.717) is 38.3 Å². The molecule has 2 amide bonds. The molecule has 0 atom stereocenters. The number of nitrogens with zero attached hydrogens (tertiary/aromatic N) is 2. The van der Waals surface area contributed by atoms with Crippen LogP contribution in [0.1, 0.15) is 28.4 Å². The number of hydrogen-bond donors (Lipinski definition) is 2. The second kappa shape index (κ2) is 11.5. The number of halogens is 2. The lowest BCUT2D eigenvalue weighted by Gasteiger charge is -2.10. The third-order valence-corrected chi connectivity index (χ3v) is 5.33. The largest absolute Gasteiger partial charge is 0.482 e. The van der Waals surface area contributed by atoms with Crippen molar-refractivity contribution in [1.82, 2.24) is 5.43 Å². The quantitative estimate of drug-likeness (QED) is 0.237. The summed E-state index contributed by atoms with van der Waals surface area (Å²) in [5, 5.41) is 18.5. The fourth-order valence-corrected chi connectivity index (χ4v) is 3.48. The maximum absolute atomic E-state index is 12.4. The van der Waals surface area contributed by atoms with Gasteiger partial charge in [-0.25, -0.2) is 5.43 Å². The molecule has 180 valence electrons. The van der Waals surface area contributed by atoms with Crippen LogP contribution in [0, 0.1) is 17.0 Å². The summed E-state index contributed by atoms with van der Waals surface area (Å²) in [6.07, 6.45) is 0. The first-order valence-corrected chi connectivity index (χ1v) is 11.0. The number of aryl methyl sites for hydroxylation is 1. The van der Waals surface area contributed by atoms with E-state index in [1.807, 2.05) is 0 Å². The van der Waals surface area contributed by atoms with Gasteiger partial charge in [-0.3, -0.25) is 19.7 Å². The maximum Gasteiger partial charge on any atom is 0.272 e. The van der Waals surface area contributed by atoms with Gasteiger partial charge in [0.05, 0.1) is 15.7 Å². The molecule has 0 radical (unpaired) electrons. The predicted octanol–water partition coefficient (Wildman–Crippen LogP) is 5.38. The molecule has 11 heteroatoms.